The lowest BCUT2D eigenvalue weighted by molar-refractivity contribution is 0.218. The van der Waals surface area contributed by atoms with Gasteiger partial charge in [0.25, 0.3) is 0 Å². The van der Waals surface area contributed by atoms with E-state index < -0.39 is 0 Å². The van der Waals surface area contributed by atoms with Crippen LogP contribution in [0.4, 0.5) is 5.69 Å². The molecule has 0 amide bonds. The summed E-state index contributed by atoms with van der Waals surface area (Å²) in [4.78, 5) is 4.86. The summed E-state index contributed by atoms with van der Waals surface area (Å²) >= 11 is 0. The van der Waals surface area contributed by atoms with Gasteiger partial charge in [-0.15, -0.1) is 0 Å². The van der Waals surface area contributed by atoms with Gasteiger partial charge >= 0.3 is 0 Å². The topological polar surface area (TPSA) is 32.5 Å². The predicted molar refractivity (Wildman–Crippen MR) is 80.9 cm³/mol. The van der Waals surface area contributed by atoms with E-state index in [0.29, 0.717) is 0 Å². The second-order valence-electron chi connectivity index (χ2n) is 5.96. The molecule has 1 aromatic carbocycles. The van der Waals surface area contributed by atoms with Crippen LogP contribution in [0.1, 0.15) is 29.9 Å². The first-order valence-corrected chi connectivity index (χ1v) is 7.54. The lowest BCUT2D eigenvalue weighted by atomic mass is 9.88. The van der Waals surface area contributed by atoms with Crippen molar-refractivity contribution in [2.45, 2.75) is 25.2 Å². The highest BCUT2D eigenvalue weighted by Gasteiger charge is 2.22. The SMILES string of the molecule is CN1CCc2cc(C3CCN(CCN)CC3)ccc21. The molecule has 0 bridgehead atoms. The summed E-state index contributed by atoms with van der Waals surface area (Å²) in [6, 6.07) is 7.13. The Balaban J connectivity index is 1.67. The smallest absolute Gasteiger partial charge is 0.0397 e. The molecule has 1 saturated heterocycles. The molecule has 3 heteroatoms. The van der Waals surface area contributed by atoms with Crippen molar-refractivity contribution in [2.24, 2.45) is 5.73 Å². The van der Waals surface area contributed by atoms with Crippen molar-refractivity contribution in [3.05, 3.63) is 29.3 Å². The summed E-state index contributed by atoms with van der Waals surface area (Å²) in [7, 11) is 2.19. The van der Waals surface area contributed by atoms with Crippen molar-refractivity contribution in [1.82, 2.24) is 4.90 Å². The van der Waals surface area contributed by atoms with Gasteiger partial charge in [-0.1, -0.05) is 12.1 Å². The van der Waals surface area contributed by atoms with Gasteiger partial charge in [-0.3, -0.25) is 0 Å². The Morgan fingerprint density at radius 3 is 2.74 bits per heavy atom. The van der Waals surface area contributed by atoms with Crippen LogP contribution >= 0.6 is 0 Å². The molecule has 2 heterocycles. The van der Waals surface area contributed by atoms with Crippen LogP contribution in [-0.4, -0.2) is 44.7 Å². The van der Waals surface area contributed by atoms with Crippen molar-refractivity contribution in [1.29, 1.82) is 0 Å². The fourth-order valence-corrected chi connectivity index (χ4v) is 3.51. The number of piperidine rings is 1. The maximum Gasteiger partial charge on any atom is 0.0397 e. The summed E-state index contributed by atoms with van der Waals surface area (Å²) in [5.74, 6) is 0.755. The van der Waals surface area contributed by atoms with E-state index in [1.165, 1.54) is 44.6 Å². The number of rotatable bonds is 3. The van der Waals surface area contributed by atoms with Crippen LogP contribution in [0.15, 0.2) is 18.2 Å². The molecular weight excluding hydrogens is 234 g/mol. The molecule has 2 aliphatic rings. The van der Waals surface area contributed by atoms with Gasteiger partial charge in [-0.05, 0) is 55.5 Å². The maximum absolute atomic E-state index is 5.63. The molecule has 2 N–H and O–H groups in total. The minimum absolute atomic E-state index is 0.755. The van der Waals surface area contributed by atoms with Crippen LogP contribution in [-0.2, 0) is 6.42 Å². The van der Waals surface area contributed by atoms with Crippen molar-refractivity contribution >= 4 is 5.69 Å². The number of anilines is 1. The van der Waals surface area contributed by atoms with E-state index >= 15 is 0 Å². The normalized spacial score (nSPS) is 20.8. The average Bonchev–Trinajstić information content (AvgIpc) is 2.81. The van der Waals surface area contributed by atoms with E-state index in [-0.39, 0.29) is 0 Å². The number of benzene rings is 1. The molecule has 0 atom stereocenters. The van der Waals surface area contributed by atoms with Gasteiger partial charge in [0.1, 0.15) is 0 Å². The Kier molecular flexibility index (Phi) is 3.76. The molecule has 104 valence electrons. The van der Waals surface area contributed by atoms with Crippen LogP contribution < -0.4 is 10.6 Å². The zero-order chi connectivity index (χ0) is 13.2. The summed E-state index contributed by atoms with van der Waals surface area (Å²) in [6.07, 6.45) is 3.79. The molecule has 2 aliphatic heterocycles. The number of nitrogens with zero attached hydrogens (tertiary/aromatic N) is 2. The van der Waals surface area contributed by atoms with E-state index in [9.17, 15) is 0 Å². The van der Waals surface area contributed by atoms with Gasteiger partial charge in [-0.25, -0.2) is 0 Å². The van der Waals surface area contributed by atoms with E-state index in [1.54, 1.807) is 11.1 Å². The second-order valence-corrected chi connectivity index (χ2v) is 5.96. The minimum atomic E-state index is 0.755. The van der Waals surface area contributed by atoms with Crippen LogP contribution in [0.3, 0.4) is 0 Å². The molecule has 1 fully saturated rings. The highest BCUT2D eigenvalue weighted by molar-refractivity contribution is 5.58. The van der Waals surface area contributed by atoms with Gasteiger partial charge in [0.05, 0.1) is 0 Å². The van der Waals surface area contributed by atoms with E-state index in [1.807, 2.05) is 0 Å². The molecule has 19 heavy (non-hydrogen) atoms. The summed E-state index contributed by atoms with van der Waals surface area (Å²) in [5.41, 5.74) is 10.2. The molecule has 1 aromatic rings. The minimum Gasteiger partial charge on any atom is -0.374 e. The standard InChI is InChI=1S/C16H25N3/c1-18-8-4-15-12-14(2-3-16(15)18)13-5-9-19(10-6-13)11-7-17/h2-3,12-13H,4-11,17H2,1H3. The van der Waals surface area contributed by atoms with Crippen LogP contribution in [0, 0.1) is 0 Å². The molecule has 0 saturated carbocycles. The Labute approximate surface area is 116 Å². The summed E-state index contributed by atoms with van der Waals surface area (Å²) in [6.45, 7) is 5.43. The molecule has 0 spiro atoms. The van der Waals surface area contributed by atoms with Gasteiger partial charge in [-0.2, -0.15) is 0 Å². The molecule has 0 aliphatic carbocycles. The van der Waals surface area contributed by atoms with Crippen molar-refractivity contribution < 1.29 is 0 Å². The fourth-order valence-electron chi connectivity index (χ4n) is 3.51. The summed E-state index contributed by atoms with van der Waals surface area (Å²) < 4.78 is 0. The predicted octanol–water partition coefficient (Wildman–Crippen LogP) is 1.82. The number of nitrogens with two attached hydrogens (primary N) is 1. The third-order valence-corrected chi connectivity index (χ3v) is 4.74. The number of likely N-dealkylation sites (tertiary alicyclic amines) is 1. The highest BCUT2D eigenvalue weighted by atomic mass is 15.1. The van der Waals surface area contributed by atoms with E-state index in [2.05, 4.69) is 35.0 Å². The maximum atomic E-state index is 5.63. The van der Waals surface area contributed by atoms with E-state index in [4.69, 9.17) is 5.73 Å². The molecule has 3 rings (SSSR count). The van der Waals surface area contributed by atoms with Crippen LogP contribution in [0.25, 0.3) is 0 Å². The van der Waals surface area contributed by atoms with Crippen LogP contribution in [0.2, 0.25) is 0 Å². The largest absolute Gasteiger partial charge is 0.374 e. The van der Waals surface area contributed by atoms with Crippen molar-refractivity contribution in [3.63, 3.8) is 0 Å². The van der Waals surface area contributed by atoms with Gasteiger partial charge in [0, 0.05) is 32.4 Å². The quantitative estimate of drug-likeness (QED) is 0.898. The average molecular weight is 259 g/mol. The second kappa shape index (κ2) is 5.51. The Morgan fingerprint density at radius 2 is 2.00 bits per heavy atom. The number of hydrogen-bond acceptors (Lipinski definition) is 3. The van der Waals surface area contributed by atoms with Gasteiger partial charge < -0.3 is 15.5 Å². The van der Waals surface area contributed by atoms with Gasteiger partial charge in [0.2, 0.25) is 0 Å². The number of hydrogen-bond donors (Lipinski definition) is 1. The number of likely N-dealkylation sites (N-methyl/N-ethyl adjacent to an activating group) is 1. The molecule has 0 radical (unpaired) electrons. The third kappa shape index (κ3) is 2.63. The lowest BCUT2D eigenvalue weighted by Crippen LogP contribution is -2.36. The Bertz CT molecular complexity index is 436. The monoisotopic (exact) mass is 259 g/mol. The molecule has 0 aromatic heterocycles. The van der Waals surface area contributed by atoms with Gasteiger partial charge in [0.15, 0.2) is 0 Å². The number of fused-ring (bicyclic) bond motifs is 1. The Hall–Kier alpha value is -1.06. The third-order valence-electron chi connectivity index (χ3n) is 4.74. The first kappa shape index (κ1) is 12.9. The molecular formula is C16H25N3. The highest BCUT2D eigenvalue weighted by Crippen LogP contribution is 2.33. The van der Waals surface area contributed by atoms with Crippen LogP contribution in [0.5, 0.6) is 0 Å². The lowest BCUT2D eigenvalue weighted by Gasteiger charge is -2.32. The molecule has 0 unspecified atom stereocenters. The Morgan fingerprint density at radius 1 is 1.21 bits per heavy atom. The summed E-state index contributed by atoms with van der Waals surface area (Å²) in [5, 5.41) is 0. The first-order chi connectivity index (χ1) is 9.28. The van der Waals surface area contributed by atoms with Crippen molar-refractivity contribution in [3.8, 4) is 0 Å². The zero-order valence-electron chi connectivity index (χ0n) is 11.9. The van der Waals surface area contributed by atoms with E-state index in [0.717, 1.165) is 19.0 Å². The zero-order valence-corrected chi connectivity index (χ0v) is 11.9. The fraction of sp³-hybridized carbons (Fsp3) is 0.625. The van der Waals surface area contributed by atoms with Crippen molar-refractivity contribution in [2.75, 3.05) is 44.7 Å². The molecule has 3 nitrogen and oxygen atoms in total. The first-order valence-electron chi connectivity index (χ1n) is 7.54.